The second-order valence-electron chi connectivity index (χ2n) is 8.82. The fraction of sp³-hybridized carbons (Fsp3) is 0.346. The van der Waals surface area contributed by atoms with Gasteiger partial charge >= 0.3 is 12.1 Å². The quantitative estimate of drug-likeness (QED) is 0.426. The lowest BCUT2D eigenvalue weighted by Gasteiger charge is -2.15. The van der Waals surface area contributed by atoms with Gasteiger partial charge in [-0.25, -0.2) is 4.79 Å². The zero-order valence-corrected chi connectivity index (χ0v) is 19.0. The molecule has 0 saturated heterocycles. The molecule has 0 amide bonds. The lowest BCUT2D eigenvalue weighted by Crippen LogP contribution is -2.22. The number of esters is 1. The van der Waals surface area contributed by atoms with Crippen LogP contribution in [0.1, 0.15) is 41.3 Å². The van der Waals surface area contributed by atoms with Gasteiger partial charge in [0.05, 0.1) is 36.5 Å². The minimum Gasteiger partial charge on any atom is -0.493 e. The van der Waals surface area contributed by atoms with Crippen LogP contribution in [0, 0.1) is 5.92 Å². The van der Waals surface area contributed by atoms with Gasteiger partial charge in [-0.1, -0.05) is 12.1 Å². The normalized spacial score (nSPS) is 15.1. The first-order chi connectivity index (χ1) is 16.7. The molecule has 0 atom stereocenters. The Labute approximate surface area is 199 Å². The highest BCUT2D eigenvalue weighted by Gasteiger charge is 2.37. The second-order valence-corrected chi connectivity index (χ2v) is 8.82. The zero-order valence-electron chi connectivity index (χ0n) is 19.0. The van der Waals surface area contributed by atoms with E-state index in [9.17, 15) is 22.8 Å². The van der Waals surface area contributed by atoms with Crippen LogP contribution in [0.5, 0.6) is 5.75 Å². The third-order valence-corrected chi connectivity index (χ3v) is 6.17. The summed E-state index contributed by atoms with van der Waals surface area (Å²) in [6.07, 6.45) is -0.957. The van der Waals surface area contributed by atoms with E-state index in [4.69, 9.17) is 9.47 Å². The molecule has 9 heteroatoms. The van der Waals surface area contributed by atoms with Crippen LogP contribution < -0.4 is 10.2 Å². The number of halogens is 3. The number of carbonyl (C=O) groups is 1. The monoisotopic (exact) mass is 484 g/mol. The van der Waals surface area contributed by atoms with E-state index in [1.165, 1.54) is 12.3 Å². The van der Waals surface area contributed by atoms with E-state index in [2.05, 4.69) is 4.99 Å². The Balaban J connectivity index is 1.49. The highest BCUT2D eigenvalue weighted by Crippen LogP contribution is 2.43. The highest BCUT2D eigenvalue weighted by molar-refractivity contribution is 5.97. The van der Waals surface area contributed by atoms with Crippen molar-refractivity contribution in [1.82, 2.24) is 4.57 Å². The summed E-state index contributed by atoms with van der Waals surface area (Å²) in [6.45, 7) is 2.24. The molecule has 1 aliphatic carbocycles. The molecule has 2 heterocycles. The number of benzene rings is 2. The molecule has 5 rings (SSSR count). The Bertz CT molecular complexity index is 1400. The number of ether oxygens (including phenoxy) is 2. The number of fused-ring (bicyclic) bond motifs is 2. The van der Waals surface area contributed by atoms with Crippen LogP contribution in [0.3, 0.4) is 0 Å². The van der Waals surface area contributed by atoms with Crippen LogP contribution in [-0.4, -0.2) is 29.5 Å². The fourth-order valence-corrected chi connectivity index (χ4v) is 4.24. The average molecular weight is 484 g/mol. The van der Waals surface area contributed by atoms with E-state index in [0.29, 0.717) is 33.8 Å². The maximum absolute atomic E-state index is 13.7. The maximum Gasteiger partial charge on any atom is 0.419 e. The van der Waals surface area contributed by atoms with Gasteiger partial charge in [0.25, 0.3) is 0 Å². The molecule has 0 bridgehead atoms. The standard InChI is InChI=1S/C26H23F3N2O4/c1-2-34-25(33)19-13-31(22-6-4-3-5-18(22)24(19)32)12-17-9-16-10-20(26(27,28)29)23(11-21(16)30-17)35-14-15-7-8-15/h3-6,10-11,13,15H,2,7-9,12,14H2,1H3. The summed E-state index contributed by atoms with van der Waals surface area (Å²) in [5.41, 5.74) is 0.768. The topological polar surface area (TPSA) is 69.9 Å². The lowest BCUT2D eigenvalue weighted by atomic mass is 10.0. The largest absolute Gasteiger partial charge is 0.493 e. The molecule has 182 valence electrons. The van der Waals surface area contributed by atoms with Crippen molar-refractivity contribution in [2.45, 2.75) is 38.9 Å². The van der Waals surface area contributed by atoms with Crippen molar-refractivity contribution in [3.8, 4) is 5.75 Å². The van der Waals surface area contributed by atoms with E-state index >= 15 is 0 Å². The summed E-state index contributed by atoms with van der Waals surface area (Å²) in [5, 5.41) is 0.351. The highest BCUT2D eigenvalue weighted by atomic mass is 19.4. The Morgan fingerprint density at radius 1 is 1.20 bits per heavy atom. The van der Waals surface area contributed by atoms with Gasteiger partial charge in [0.15, 0.2) is 0 Å². The molecule has 6 nitrogen and oxygen atoms in total. The summed E-state index contributed by atoms with van der Waals surface area (Å²) in [5.74, 6) is -0.613. The van der Waals surface area contributed by atoms with Crippen LogP contribution in [0.15, 0.2) is 52.4 Å². The molecule has 2 aliphatic rings. The molecule has 0 N–H and O–H groups in total. The molecular weight excluding hydrogens is 461 g/mol. The molecule has 1 fully saturated rings. The van der Waals surface area contributed by atoms with Gasteiger partial charge < -0.3 is 14.0 Å². The second kappa shape index (κ2) is 8.87. The molecule has 0 radical (unpaired) electrons. The Kier molecular flexibility index (Phi) is 5.86. The predicted molar refractivity (Wildman–Crippen MR) is 125 cm³/mol. The van der Waals surface area contributed by atoms with E-state index in [1.807, 2.05) is 0 Å². The van der Waals surface area contributed by atoms with Gasteiger partial charge in [0.1, 0.15) is 11.3 Å². The number of para-hydroxylation sites is 1. The van der Waals surface area contributed by atoms with Crippen molar-refractivity contribution in [2.24, 2.45) is 10.9 Å². The van der Waals surface area contributed by atoms with Crippen molar-refractivity contribution in [2.75, 3.05) is 13.2 Å². The third-order valence-electron chi connectivity index (χ3n) is 6.17. The summed E-state index contributed by atoms with van der Waals surface area (Å²) in [6, 6.07) is 9.32. The van der Waals surface area contributed by atoms with Crippen LogP contribution in [0.25, 0.3) is 10.9 Å². The zero-order chi connectivity index (χ0) is 24.7. The first-order valence-electron chi connectivity index (χ1n) is 11.5. The van der Waals surface area contributed by atoms with Gasteiger partial charge in [0.2, 0.25) is 5.43 Å². The fourth-order valence-electron chi connectivity index (χ4n) is 4.24. The molecule has 1 aliphatic heterocycles. The van der Waals surface area contributed by atoms with Gasteiger partial charge in [-0.05, 0) is 49.4 Å². The third kappa shape index (κ3) is 4.67. The number of aromatic nitrogens is 1. The number of nitrogens with zero attached hydrogens (tertiary/aromatic N) is 2. The number of carbonyl (C=O) groups excluding carboxylic acids is 1. The summed E-state index contributed by atoms with van der Waals surface area (Å²) >= 11 is 0. The first kappa shape index (κ1) is 23.1. The number of hydrogen-bond donors (Lipinski definition) is 0. The molecule has 0 spiro atoms. The maximum atomic E-state index is 13.7. The minimum atomic E-state index is -4.54. The number of aliphatic imine (C=N–C) groups is 1. The van der Waals surface area contributed by atoms with Crippen molar-refractivity contribution in [3.63, 3.8) is 0 Å². The van der Waals surface area contributed by atoms with E-state index in [-0.39, 0.29) is 37.5 Å². The number of alkyl halides is 3. The molecule has 1 aromatic heterocycles. The van der Waals surface area contributed by atoms with Gasteiger partial charge in [-0.2, -0.15) is 13.2 Å². The number of pyridine rings is 1. The van der Waals surface area contributed by atoms with Crippen molar-refractivity contribution in [3.05, 3.63) is 69.5 Å². The number of rotatable bonds is 7. The van der Waals surface area contributed by atoms with E-state index in [1.54, 1.807) is 35.8 Å². The average Bonchev–Trinajstić information content (AvgIpc) is 3.56. The van der Waals surface area contributed by atoms with Crippen LogP contribution in [0.2, 0.25) is 0 Å². The lowest BCUT2D eigenvalue weighted by molar-refractivity contribution is -0.139. The molecular formula is C26H23F3N2O4. The Morgan fingerprint density at radius 2 is 1.97 bits per heavy atom. The molecule has 35 heavy (non-hydrogen) atoms. The number of hydrogen-bond acceptors (Lipinski definition) is 5. The SMILES string of the molecule is CCOC(=O)c1cn(CC2=Nc3cc(OCC4CC4)c(C(F)(F)F)cc3C2)c2ccccc2c1=O. The summed E-state index contributed by atoms with van der Waals surface area (Å²) in [4.78, 5) is 29.8. The van der Waals surface area contributed by atoms with Crippen LogP contribution in [-0.2, 0) is 23.9 Å². The van der Waals surface area contributed by atoms with Crippen molar-refractivity contribution in [1.29, 1.82) is 0 Å². The van der Waals surface area contributed by atoms with Gasteiger partial charge in [-0.3, -0.25) is 9.79 Å². The molecule has 3 aromatic rings. The molecule has 2 aromatic carbocycles. The predicted octanol–water partition coefficient (Wildman–Crippen LogP) is 5.31. The van der Waals surface area contributed by atoms with E-state index < -0.39 is 23.1 Å². The van der Waals surface area contributed by atoms with Gasteiger partial charge in [-0.15, -0.1) is 0 Å². The summed E-state index contributed by atoms with van der Waals surface area (Å²) in [7, 11) is 0. The van der Waals surface area contributed by atoms with Crippen molar-refractivity contribution < 1.29 is 27.4 Å². The van der Waals surface area contributed by atoms with Crippen LogP contribution >= 0.6 is 0 Å². The van der Waals surface area contributed by atoms with Crippen molar-refractivity contribution >= 4 is 28.3 Å². The Hall–Kier alpha value is -3.62. The minimum absolute atomic E-state index is 0.100. The van der Waals surface area contributed by atoms with E-state index in [0.717, 1.165) is 18.9 Å². The molecule has 1 saturated carbocycles. The molecule has 0 unspecified atom stereocenters. The van der Waals surface area contributed by atoms with Crippen LogP contribution in [0.4, 0.5) is 18.9 Å². The first-order valence-corrected chi connectivity index (χ1v) is 11.5. The Morgan fingerprint density at radius 3 is 2.69 bits per heavy atom. The summed E-state index contributed by atoms with van der Waals surface area (Å²) < 4.78 is 53.4. The smallest absolute Gasteiger partial charge is 0.419 e. The van der Waals surface area contributed by atoms with Gasteiger partial charge in [0, 0.05) is 29.8 Å².